The van der Waals surface area contributed by atoms with Crippen molar-refractivity contribution in [1.82, 2.24) is 9.78 Å². The molecule has 0 radical (unpaired) electrons. The summed E-state index contributed by atoms with van der Waals surface area (Å²) in [5.74, 6) is -0.0787. The standard InChI is InChI=1S/C6H5N3O/c10-6(5-4-7-5)9-3-1-2-8-9/h1-5H. The van der Waals surface area contributed by atoms with Gasteiger partial charge >= 0.3 is 0 Å². The molecule has 1 aliphatic heterocycles. The van der Waals surface area contributed by atoms with Crippen molar-refractivity contribution in [3.8, 4) is 0 Å². The van der Waals surface area contributed by atoms with Gasteiger partial charge in [0.05, 0.1) is 0 Å². The molecule has 0 N–H and O–H groups in total. The molecule has 0 saturated carbocycles. The van der Waals surface area contributed by atoms with Gasteiger partial charge in [0.25, 0.3) is 5.91 Å². The fourth-order valence-electron chi connectivity index (χ4n) is 0.705. The van der Waals surface area contributed by atoms with Crippen LogP contribution in [0.1, 0.15) is 4.79 Å². The molecule has 0 bridgehead atoms. The second-order valence-electron chi connectivity index (χ2n) is 2.03. The molecule has 0 spiro atoms. The molecule has 4 nitrogen and oxygen atoms in total. The van der Waals surface area contributed by atoms with Crippen LogP contribution in [0.4, 0.5) is 0 Å². The summed E-state index contributed by atoms with van der Waals surface area (Å²) in [4.78, 5) is 14.8. The van der Waals surface area contributed by atoms with Crippen molar-refractivity contribution in [3.63, 3.8) is 0 Å². The van der Waals surface area contributed by atoms with E-state index in [1.165, 1.54) is 4.68 Å². The molecule has 10 heavy (non-hydrogen) atoms. The maximum atomic E-state index is 11.0. The lowest BCUT2D eigenvalue weighted by Crippen LogP contribution is -2.18. The maximum absolute atomic E-state index is 11.0. The molecule has 2 heterocycles. The van der Waals surface area contributed by atoms with Gasteiger partial charge in [0.1, 0.15) is 0 Å². The lowest BCUT2D eigenvalue weighted by atomic mass is 10.4. The van der Waals surface area contributed by atoms with E-state index >= 15 is 0 Å². The first-order chi connectivity index (χ1) is 4.88. The van der Waals surface area contributed by atoms with Crippen molar-refractivity contribution in [2.24, 2.45) is 4.99 Å². The van der Waals surface area contributed by atoms with Gasteiger partial charge in [0, 0.05) is 18.6 Å². The fourth-order valence-corrected chi connectivity index (χ4v) is 0.705. The van der Waals surface area contributed by atoms with Gasteiger partial charge in [0.2, 0.25) is 0 Å². The molecular formula is C6H5N3O. The molecule has 0 fully saturated rings. The van der Waals surface area contributed by atoms with Crippen LogP contribution in [0.25, 0.3) is 0 Å². The predicted octanol–water partition coefficient (Wildman–Crippen LogP) is -0.0237. The van der Waals surface area contributed by atoms with Crippen LogP contribution in [0.2, 0.25) is 0 Å². The highest BCUT2D eigenvalue weighted by Crippen LogP contribution is 2.03. The number of nitrogens with zero attached hydrogens (tertiary/aromatic N) is 3. The second kappa shape index (κ2) is 1.76. The zero-order valence-electron chi connectivity index (χ0n) is 5.14. The summed E-state index contributed by atoms with van der Waals surface area (Å²) in [5, 5.41) is 3.76. The topological polar surface area (TPSA) is 47.2 Å². The number of carbonyl (C=O) groups excluding carboxylic acids is 1. The van der Waals surface area contributed by atoms with E-state index in [1.54, 1.807) is 24.7 Å². The summed E-state index contributed by atoms with van der Waals surface area (Å²) in [6.45, 7) is 0. The lowest BCUT2D eigenvalue weighted by molar-refractivity contribution is 0.0901. The average Bonchev–Trinajstić information content (AvgIpc) is 2.65. The van der Waals surface area contributed by atoms with Gasteiger partial charge in [-0.05, 0) is 6.07 Å². The monoisotopic (exact) mass is 135 g/mol. The number of aromatic nitrogens is 2. The largest absolute Gasteiger partial charge is 0.277 e. The van der Waals surface area contributed by atoms with Crippen molar-refractivity contribution in [3.05, 3.63) is 18.5 Å². The highest BCUT2D eigenvalue weighted by Gasteiger charge is 2.24. The van der Waals surface area contributed by atoms with Gasteiger partial charge in [-0.25, -0.2) is 4.68 Å². The number of hydrogen-bond donors (Lipinski definition) is 0. The van der Waals surface area contributed by atoms with E-state index in [0.29, 0.717) is 0 Å². The van der Waals surface area contributed by atoms with Crippen LogP contribution in [0, 0.1) is 0 Å². The lowest BCUT2D eigenvalue weighted by Gasteiger charge is -1.92. The average molecular weight is 135 g/mol. The van der Waals surface area contributed by atoms with Crippen molar-refractivity contribution in [1.29, 1.82) is 0 Å². The normalized spacial score (nSPS) is 21.0. The molecule has 0 aliphatic carbocycles. The minimum Gasteiger partial charge on any atom is -0.276 e. The third-order valence-corrected chi connectivity index (χ3v) is 1.28. The molecule has 2 rings (SSSR count). The van der Waals surface area contributed by atoms with Crippen LogP contribution in [0.5, 0.6) is 0 Å². The summed E-state index contributed by atoms with van der Waals surface area (Å²) < 4.78 is 1.29. The quantitative estimate of drug-likeness (QED) is 0.543. The van der Waals surface area contributed by atoms with E-state index in [0.717, 1.165) is 0 Å². The summed E-state index contributed by atoms with van der Waals surface area (Å²) in [6.07, 6.45) is 4.79. The molecule has 50 valence electrons. The molecule has 1 aromatic rings. The van der Waals surface area contributed by atoms with E-state index in [9.17, 15) is 4.79 Å². The smallest absolute Gasteiger partial charge is 0.276 e. The Labute approximate surface area is 57.2 Å². The predicted molar refractivity (Wildman–Crippen MR) is 35.1 cm³/mol. The number of aliphatic imine (C=N–C) groups is 1. The maximum Gasteiger partial charge on any atom is 0.277 e. The zero-order valence-corrected chi connectivity index (χ0v) is 5.14. The minimum atomic E-state index is -0.236. The van der Waals surface area contributed by atoms with Crippen LogP contribution in [0.3, 0.4) is 0 Å². The summed E-state index contributed by atoms with van der Waals surface area (Å²) in [5.41, 5.74) is 0. The van der Waals surface area contributed by atoms with Gasteiger partial charge in [-0.2, -0.15) is 5.10 Å². The van der Waals surface area contributed by atoms with Crippen molar-refractivity contribution < 1.29 is 4.79 Å². The van der Waals surface area contributed by atoms with E-state index in [4.69, 9.17) is 0 Å². The Balaban J connectivity index is 2.19. The van der Waals surface area contributed by atoms with Gasteiger partial charge in [0.15, 0.2) is 6.04 Å². The Bertz CT molecular complexity index is 269. The Morgan fingerprint density at radius 3 is 2.90 bits per heavy atom. The van der Waals surface area contributed by atoms with E-state index in [2.05, 4.69) is 10.1 Å². The number of hydrogen-bond acceptors (Lipinski definition) is 3. The Morgan fingerprint density at radius 2 is 2.40 bits per heavy atom. The van der Waals surface area contributed by atoms with Crippen LogP contribution in [-0.2, 0) is 0 Å². The van der Waals surface area contributed by atoms with Crippen LogP contribution in [0.15, 0.2) is 23.5 Å². The molecular weight excluding hydrogens is 130 g/mol. The van der Waals surface area contributed by atoms with Gasteiger partial charge in [-0.15, -0.1) is 0 Å². The molecule has 1 aromatic heterocycles. The molecule has 4 heteroatoms. The highest BCUT2D eigenvalue weighted by molar-refractivity contribution is 6.06. The third kappa shape index (κ3) is 0.737. The van der Waals surface area contributed by atoms with E-state index < -0.39 is 0 Å². The SMILES string of the molecule is O=C(C1C=N1)n1cccn1. The molecule has 1 unspecified atom stereocenters. The van der Waals surface area contributed by atoms with E-state index in [-0.39, 0.29) is 11.9 Å². The number of carbonyl (C=O) groups is 1. The van der Waals surface area contributed by atoms with Crippen LogP contribution in [-0.4, -0.2) is 27.9 Å². The minimum absolute atomic E-state index is 0.0787. The van der Waals surface area contributed by atoms with Crippen LogP contribution >= 0.6 is 0 Å². The van der Waals surface area contributed by atoms with Crippen molar-refractivity contribution in [2.75, 3.05) is 0 Å². The summed E-state index contributed by atoms with van der Waals surface area (Å²) in [7, 11) is 0. The van der Waals surface area contributed by atoms with Gasteiger partial charge < -0.3 is 0 Å². The summed E-state index contributed by atoms with van der Waals surface area (Å²) in [6, 6.07) is 1.47. The zero-order chi connectivity index (χ0) is 6.97. The second-order valence-corrected chi connectivity index (χ2v) is 2.03. The first-order valence-corrected chi connectivity index (χ1v) is 2.95. The summed E-state index contributed by atoms with van der Waals surface area (Å²) >= 11 is 0. The molecule has 0 aromatic carbocycles. The molecule has 1 atom stereocenters. The first-order valence-electron chi connectivity index (χ1n) is 2.95. The molecule has 0 saturated heterocycles. The van der Waals surface area contributed by atoms with Gasteiger partial charge in [-0.3, -0.25) is 9.79 Å². The Kier molecular flexibility index (Phi) is 0.943. The molecule has 1 aliphatic rings. The first kappa shape index (κ1) is 5.34. The van der Waals surface area contributed by atoms with Crippen LogP contribution < -0.4 is 0 Å². The highest BCUT2D eigenvalue weighted by atomic mass is 16.2. The Hall–Kier alpha value is -1.45. The number of rotatable bonds is 1. The van der Waals surface area contributed by atoms with Crippen molar-refractivity contribution >= 4 is 12.1 Å². The third-order valence-electron chi connectivity index (χ3n) is 1.28. The molecule has 0 amide bonds. The van der Waals surface area contributed by atoms with Gasteiger partial charge in [-0.1, -0.05) is 0 Å². The van der Waals surface area contributed by atoms with E-state index in [1.807, 2.05) is 0 Å². The Morgan fingerprint density at radius 1 is 1.60 bits per heavy atom. The van der Waals surface area contributed by atoms with Crippen molar-refractivity contribution in [2.45, 2.75) is 6.04 Å². The fraction of sp³-hybridized carbons (Fsp3) is 0.167.